The molecule has 0 bridgehead atoms. The molecule has 2 atom stereocenters. The molecule has 0 spiro atoms. The van der Waals surface area contributed by atoms with E-state index in [1.807, 2.05) is 0 Å². The van der Waals surface area contributed by atoms with Crippen molar-refractivity contribution >= 4 is 11.9 Å². The third-order valence-electron chi connectivity index (χ3n) is 15.1. The molecule has 70 heavy (non-hydrogen) atoms. The highest BCUT2D eigenvalue weighted by Gasteiger charge is 2.20. The molecule has 0 aromatic heterocycles. The Morgan fingerprint density at radius 1 is 0.386 bits per heavy atom. The maximum Gasteiger partial charge on any atom is 0.305 e. The average molecular weight is 989 g/mol. The third-order valence-corrected chi connectivity index (χ3v) is 15.1. The molecule has 0 aromatic rings. The van der Waals surface area contributed by atoms with Crippen molar-refractivity contribution in [2.24, 2.45) is 0 Å². The molecule has 0 radical (unpaired) electrons. The smallest absolute Gasteiger partial charge is 0.305 e. The number of carbonyl (C=O) groups is 2. The molecule has 0 heterocycles. The molecule has 0 saturated carbocycles. The number of aliphatic hydroxyl groups is 2. The summed E-state index contributed by atoms with van der Waals surface area (Å²) in [7, 11) is 0. The molecule has 6 heteroatoms. The molecule has 416 valence electrons. The molecule has 0 aliphatic heterocycles. The van der Waals surface area contributed by atoms with E-state index in [2.05, 4.69) is 31.3 Å². The van der Waals surface area contributed by atoms with Gasteiger partial charge in [-0.3, -0.25) is 9.59 Å². The molecule has 0 aliphatic carbocycles. The summed E-state index contributed by atoms with van der Waals surface area (Å²) in [6.07, 6.45) is 72.3. The van der Waals surface area contributed by atoms with Gasteiger partial charge in [-0.15, -0.1) is 0 Å². The van der Waals surface area contributed by atoms with E-state index < -0.39 is 12.1 Å². The number of nitrogens with one attached hydrogen (secondary N) is 1. The first-order valence-electron chi connectivity index (χ1n) is 31.9. The molecule has 3 N–H and O–H groups in total. The number of unbranched alkanes of at least 4 members (excludes halogenated alkanes) is 47. The van der Waals surface area contributed by atoms with E-state index in [9.17, 15) is 19.8 Å². The highest BCUT2D eigenvalue weighted by Crippen LogP contribution is 2.18. The summed E-state index contributed by atoms with van der Waals surface area (Å²) in [6, 6.07) is -0.542. The number of aliphatic hydroxyl groups excluding tert-OH is 2. The van der Waals surface area contributed by atoms with Gasteiger partial charge < -0.3 is 20.3 Å². The Balaban J connectivity index is 3.38. The second-order valence-electron chi connectivity index (χ2n) is 22.1. The van der Waals surface area contributed by atoms with Crippen molar-refractivity contribution < 1.29 is 24.5 Å². The number of allylic oxidation sites excluding steroid dienone is 2. The van der Waals surface area contributed by atoms with E-state index >= 15 is 0 Å². The molecule has 0 aliphatic rings. The van der Waals surface area contributed by atoms with Gasteiger partial charge in [0.05, 0.1) is 25.4 Å². The summed E-state index contributed by atoms with van der Waals surface area (Å²) < 4.78 is 5.47. The molecule has 6 nitrogen and oxygen atoms in total. The van der Waals surface area contributed by atoms with E-state index in [0.29, 0.717) is 25.9 Å². The quantitative estimate of drug-likeness (QED) is 0.0321. The first kappa shape index (κ1) is 68.6. The van der Waals surface area contributed by atoms with Crippen LogP contribution in [-0.2, 0) is 14.3 Å². The van der Waals surface area contributed by atoms with Gasteiger partial charge in [0, 0.05) is 12.8 Å². The van der Waals surface area contributed by atoms with E-state index in [0.717, 1.165) is 38.5 Å². The number of hydrogen-bond donors (Lipinski definition) is 3. The zero-order chi connectivity index (χ0) is 50.7. The van der Waals surface area contributed by atoms with Crippen LogP contribution in [-0.4, -0.2) is 47.4 Å². The van der Waals surface area contributed by atoms with Crippen LogP contribution in [0.1, 0.15) is 361 Å². The van der Waals surface area contributed by atoms with Gasteiger partial charge in [0.15, 0.2) is 0 Å². The van der Waals surface area contributed by atoms with E-state index in [-0.39, 0.29) is 18.5 Å². The van der Waals surface area contributed by atoms with E-state index in [1.165, 1.54) is 289 Å². The fourth-order valence-electron chi connectivity index (χ4n) is 10.2. The predicted molar refractivity (Wildman–Crippen MR) is 306 cm³/mol. The highest BCUT2D eigenvalue weighted by molar-refractivity contribution is 5.76. The number of ether oxygens (including phenoxy) is 1. The van der Waals surface area contributed by atoms with Gasteiger partial charge in [0.2, 0.25) is 5.91 Å². The van der Waals surface area contributed by atoms with Crippen molar-refractivity contribution in [3.05, 3.63) is 12.2 Å². The maximum atomic E-state index is 12.5. The second-order valence-corrected chi connectivity index (χ2v) is 22.1. The minimum atomic E-state index is -0.664. The number of amides is 1. The largest absolute Gasteiger partial charge is 0.466 e. The van der Waals surface area contributed by atoms with Gasteiger partial charge in [-0.05, 0) is 51.4 Å². The van der Waals surface area contributed by atoms with Gasteiger partial charge in [0.25, 0.3) is 0 Å². The number of esters is 1. The van der Waals surface area contributed by atoms with Gasteiger partial charge in [0.1, 0.15) is 0 Å². The van der Waals surface area contributed by atoms with Crippen molar-refractivity contribution in [1.82, 2.24) is 5.32 Å². The van der Waals surface area contributed by atoms with Crippen LogP contribution in [0.4, 0.5) is 0 Å². The molecule has 0 aromatic carbocycles. The van der Waals surface area contributed by atoms with Crippen LogP contribution in [0.2, 0.25) is 0 Å². The number of hydrogen-bond acceptors (Lipinski definition) is 5. The molecule has 1 amide bonds. The first-order chi connectivity index (χ1) is 34.5. The van der Waals surface area contributed by atoms with Gasteiger partial charge >= 0.3 is 5.97 Å². The lowest BCUT2D eigenvalue weighted by atomic mass is 10.0. The van der Waals surface area contributed by atoms with Crippen molar-refractivity contribution in [2.75, 3.05) is 13.2 Å². The fourth-order valence-corrected chi connectivity index (χ4v) is 10.2. The Hall–Kier alpha value is -1.40. The third kappa shape index (κ3) is 55.9. The lowest BCUT2D eigenvalue weighted by molar-refractivity contribution is -0.143. The molecular formula is C64H125NO5. The summed E-state index contributed by atoms with van der Waals surface area (Å²) >= 11 is 0. The van der Waals surface area contributed by atoms with Crippen molar-refractivity contribution in [3.63, 3.8) is 0 Å². The van der Waals surface area contributed by atoms with Crippen LogP contribution < -0.4 is 5.32 Å². The number of rotatable bonds is 60. The summed E-state index contributed by atoms with van der Waals surface area (Å²) in [6.45, 7) is 4.98. The Morgan fingerprint density at radius 3 is 1.01 bits per heavy atom. The normalized spacial score (nSPS) is 12.6. The molecule has 2 unspecified atom stereocenters. The second kappa shape index (κ2) is 60.2. The predicted octanol–water partition coefficient (Wildman–Crippen LogP) is 20.0. The minimum absolute atomic E-state index is 0.0146. The summed E-state index contributed by atoms with van der Waals surface area (Å²) in [4.78, 5) is 24.5. The summed E-state index contributed by atoms with van der Waals surface area (Å²) in [5, 5.41) is 23.3. The average Bonchev–Trinajstić information content (AvgIpc) is 3.36. The molecule has 0 fully saturated rings. The Bertz CT molecular complexity index is 1050. The summed E-state index contributed by atoms with van der Waals surface area (Å²) in [5.74, 6) is -0.0192. The van der Waals surface area contributed by atoms with Gasteiger partial charge in [-0.1, -0.05) is 309 Å². The lowest BCUT2D eigenvalue weighted by Gasteiger charge is -2.22. The van der Waals surface area contributed by atoms with Crippen LogP contribution in [0, 0.1) is 0 Å². The van der Waals surface area contributed by atoms with Crippen LogP contribution in [0.3, 0.4) is 0 Å². The maximum absolute atomic E-state index is 12.5. The lowest BCUT2D eigenvalue weighted by Crippen LogP contribution is -2.45. The van der Waals surface area contributed by atoms with Crippen molar-refractivity contribution in [1.29, 1.82) is 0 Å². The van der Waals surface area contributed by atoms with Crippen LogP contribution in [0.5, 0.6) is 0 Å². The Morgan fingerprint density at radius 2 is 0.671 bits per heavy atom. The first-order valence-corrected chi connectivity index (χ1v) is 31.9. The topological polar surface area (TPSA) is 95.9 Å². The monoisotopic (exact) mass is 988 g/mol. The Labute approximate surface area is 438 Å². The zero-order valence-electron chi connectivity index (χ0n) is 47.5. The standard InChI is InChI=1S/C64H125NO5/c1-3-5-7-9-11-13-15-16-17-30-33-37-40-44-48-52-56-62(67)61(60-66)65-63(68)57-53-49-45-41-38-34-31-28-26-24-22-20-18-19-21-23-25-27-29-32-35-39-43-47-51-55-59-70-64(69)58-54-50-46-42-36-14-12-10-8-6-4-2/h18,20,61-62,66-67H,3-17,19,21-60H2,1-2H3,(H,65,68)/b20-18-. The molecule has 0 rings (SSSR count). The van der Waals surface area contributed by atoms with E-state index in [4.69, 9.17) is 4.74 Å². The van der Waals surface area contributed by atoms with E-state index in [1.54, 1.807) is 0 Å². The minimum Gasteiger partial charge on any atom is -0.466 e. The van der Waals surface area contributed by atoms with Crippen molar-refractivity contribution in [3.8, 4) is 0 Å². The van der Waals surface area contributed by atoms with Crippen LogP contribution in [0.15, 0.2) is 12.2 Å². The van der Waals surface area contributed by atoms with Gasteiger partial charge in [-0.2, -0.15) is 0 Å². The van der Waals surface area contributed by atoms with Crippen LogP contribution >= 0.6 is 0 Å². The van der Waals surface area contributed by atoms with Gasteiger partial charge in [-0.25, -0.2) is 0 Å². The van der Waals surface area contributed by atoms with Crippen LogP contribution in [0.25, 0.3) is 0 Å². The highest BCUT2D eigenvalue weighted by atomic mass is 16.5. The summed E-state index contributed by atoms with van der Waals surface area (Å²) in [5.41, 5.74) is 0. The molecule has 0 saturated heterocycles. The Kier molecular flexibility index (Phi) is 59.0. The fraction of sp³-hybridized carbons (Fsp3) is 0.938. The zero-order valence-corrected chi connectivity index (χ0v) is 47.5. The SMILES string of the molecule is CCCCCCCCCCCCCCCCCCC(O)C(CO)NC(=O)CCCCCCCCCCCC/C=C\CCCCCCCCCCCCCCOC(=O)CCCCCCCCCCCCC. The number of carbonyl (C=O) groups excluding carboxylic acids is 2. The van der Waals surface area contributed by atoms with Crippen molar-refractivity contribution in [2.45, 2.75) is 373 Å². The molecular weight excluding hydrogens is 863 g/mol.